The standard InChI is InChI=1S/C20H18ClN7O2/c21-14-4-2-1-3-11(14)9-22-16-8-17(24-13-5-6-13)28-18(26-16)12(10-23-28)7-15-19(29)27-20(30)25-15/h1-4,7-8,10,13,24H,5-6,9H2,(H,22,26)(H2,25,27,29,30)/b15-7-. The minimum atomic E-state index is -0.547. The number of hydrogen-bond donors (Lipinski definition) is 4. The van der Waals surface area contributed by atoms with Gasteiger partial charge in [0.05, 0.1) is 6.20 Å². The summed E-state index contributed by atoms with van der Waals surface area (Å²) in [5.41, 5.74) is 2.29. The van der Waals surface area contributed by atoms with Crippen molar-refractivity contribution in [3.8, 4) is 0 Å². The average Bonchev–Trinajstić information content (AvgIpc) is 3.36. The lowest BCUT2D eigenvalue weighted by molar-refractivity contribution is -0.115. The van der Waals surface area contributed by atoms with Crippen LogP contribution in [0.5, 0.6) is 0 Å². The molecule has 1 saturated carbocycles. The first kappa shape index (κ1) is 18.4. The van der Waals surface area contributed by atoms with Crippen LogP contribution < -0.4 is 21.3 Å². The zero-order valence-electron chi connectivity index (χ0n) is 15.8. The number of carbonyl (C=O) groups is 2. The largest absolute Gasteiger partial charge is 0.367 e. The topological polar surface area (TPSA) is 112 Å². The monoisotopic (exact) mass is 423 g/mol. The number of nitrogens with one attached hydrogen (secondary N) is 4. The van der Waals surface area contributed by atoms with Gasteiger partial charge in [-0.2, -0.15) is 9.61 Å². The van der Waals surface area contributed by atoms with E-state index in [9.17, 15) is 9.59 Å². The van der Waals surface area contributed by atoms with E-state index in [4.69, 9.17) is 11.6 Å². The minimum Gasteiger partial charge on any atom is -0.367 e. The molecule has 4 N–H and O–H groups in total. The van der Waals surface area contributed by atoms with Crippen LogP contribution in [0.3, 0.4) is 0 Å². The summed E-state index contributed by atoms with van der Waals surface area (Å²) >= 11 is 6.26. The van der Waals surface area contributed by atoms with E-state index in [2.05, 4.69) is 31.3 Å². The molecule has 1 aliphatic carbocycles. The Hall–Kier alpha value is -3.59. The SMILES string of the molecule is O=C1NC(=O)/C(=C/c2cnn3c(NC4CC4)cc(NCc4ccccc4Cl)nc23)N1. The molecule has 0 atom stereocenters. The molecule has 3 heterocycles. The molecule has 30 heavy (non-hydrogen) atoms. The van der Waals surface area contributed by atoms with Crippen LogP contribution in [0.15, 0.2) is 42.2 Å². The number of imide groups is 1. The van der Waals surface area contributed by atoms with E-state index in [0.717, 1.165) is 24.2 Å². The van der Waals surface area contributed by atoms with Crippen molar-refractivity contribution in [3.05, 3.63) is 58.4 Å². The molecule has 1 aliphatic heterocycles. The van der Waals surface area contributed by atoms with Crippen LogP contribution in [-0.4, -0.2) is 32.6 Å². The summed E-state index contributed by atoms with van der Waals surface area (Å²) in [6.07, 6.45) is 5.39. The van der Waals surface area contributed by atoms with Gasteiger partial charge in [-0.3, -0.25) is 10.1 Å². The number of nitrogens with zero attached hydrogens (tertiary/aromatic N) is 3. The summed E-state index contributed by atoms with van der Waals surface area (Å²) in [6, 6.07) is 9.38. The van der Waals surface area contributed by atoms with Gasteiger partial charge in [-0.15, -0.1) is 0 Å². The van der Waals surface area contributed by atoms with Crippen molar-refractivity contribution in [2.45, 2.75) is 25.4 Å². The summed E-state index contributed by atoms with van der Waals surface area (Å²) < 4.78 is 1.69. The smallest absolute Gasteiger partial charge is 0.326 e. The molecule has 152 valence electrons. The summed E-state index contributed by atoms with van der Waals surface area (Å²) in [6.45, 7) is 0.509. The zero-order chi connectivity index (χ0) is 20.7. The molecule has 2 aliphatic rings. The van der Waals surface area contributed by atoms with E-state index in [0.29, 0.717) is 34.6 Å². The minimum absolute atomic E-state index is 0.155. The van der Waals surface area contributed by atoms with Gasteiger partial charge >= 0.3 is 6.03 Å². The molecule has 3 amide bonds. The van der Waals surface area contributed by atoms with E-state index in [1.807, 2.05) is 30.3 Å². The maximum absolute atomic E-state index is 11.9. The van der Waals surface area contributed by atoms with Crippen molar-refractivity contribution in [1.29, 1.82) is 0 Å². The van der Waals surface area contributed by atoms with Crippen molar-refractivity contribution < 1.29 is 9.59 Å². The molecule has 0 bridgehead atoms. The van der Waals surface area contributed by atoms with Crippen LogP contribution in [0.25, 0.3) is 11.7 Å². The maximum Gasteiger partial charge on any atom is 0.326 e. The van der Waals surface area contributed by atoms with Crippen LogP contribution in [-0.2, 0) is 11.3 Å². The molecule has 1 aromatic carbocycles. The van der Waals surface area contributed by atoms with Crippen molar-refractivity contribution in [2.24, 2.45) is 0 Å². The predicted octanol–water partition coefficient (Wildman–Crippen LogP) is 2.75. The van der Waals surface area contributed by atoms with Gasteiger partial charge in [0.25, 0.3) is 5.91 Å². The number of amides is 3. The Morgan fingerprint density at radius 1 is 1.23 bits per heavy atom. The molecule has 1 saturated heterocycles. The molecule has 2 aromatic heterocycles. The van der Waals surface area contributed by atoms with Gasteiger partial charge in [0.1, 0.15) is 17.3 Å². The number of urea groups is 1. The van der Waals surface area contributed by atoms with Crippen LogP contribution in [0.2, 0.25) is 5.02 Å². The number of halogens is 1. The quantitative estimate of drug-likeness (QED) is 0.358. The van der Waals surface area contributed by atoms with Gasteiger partial charge in [0.15, 0.2) is 5.65 Å². The van der Waals surface area contributed by atoms with Crippen LogP contribution in [0, 0.1) is 0 Å². The second-order valence-corrected chi connectivity index (χ2v) is 7.60. The van der Waals surface area contributed by atoms with E-state index in [-0.39, 0.29) is 5.70 Å². The van der Waals surface area contributed by atoms with Gasteiger partial charge in [-0.05, 0) is 30.5 Å². The Balaban J connectivity index is 1.51. The van der Waals surface area contributed by atoms with Gasteiger partial charge in [0, 0.05) is 29.2 Å². The molecule has 10 heteroatoms. The Bertz CT molecular complexity index is 1200. The van der Waals surface area contributed by atoms with Gasteiger partial charge < -0.3 is 16.0 Å². The summed E-state index contributed by atoms with van der Waals surface area (Å²) in [5, 5.41) is 16.5. The van der Waals surface area contributed by atoms with Crippen LogP contribution in [0.4, 0.5) is 16.4 Å². The Labute approximate surface area is 176 Å². The summed E-state index contributed by atoms with van der Waals surface area (Å²) in [4.78, 5) is 27.9. The second-order valence-electron chi connectivity index (χ2n) is 7.19. The molecular formula is C20H18ClN7O2. The lowest BCUT2D eigenvalue weighted by Crippen LogP contribution is -2.22. The highest BCUT2D eigenvalue weighted by Gasteiger charge is 2.25. The Morgan fingerprint density at radius 3 is 2.80 bits per heavy atom. The third-order valence-electron chi connectivity index (χ3n) is 4.87. The highest BCUT2D eigenvalue weighted by Crippen LogP contribution is 2.28. The summed E-state index contributed by atoms with van der Waals surface area (Å²) in [5.74, 6) is 0.961. The van der Waals surface area contributed by atoms with Crippen LogP contribution in [0.1, 0.15) is 24.0 Å². The normalized spacial score (nSPS) is 17.3. The molecule has 3 aromatic rings. The Kier molecular flexibility index (Phi) is 4.51. The van der Waals surface area contributed by atoms with E-state index in [1.54, 1.807) is 16.8 Å². The molecule has 0 unspecified atom stereocenters. The second kappa shape index (κ2) is 7.34. The third-order valence-corrected chi connectivity index (χ3v) is 5.23. The number of rotatable bonds is 6. The number of fused-ring (bicyclic) bond motifs is 1. The lowest BCUT2D eigenvalue weighted by Gasteiger charge is -2.12. The van der Waals surface area contributed by atoms with Crippen molar-refractivity contribution >= 4 is 46.9 Å². The number of anilines is 2. The summed E-state index contributed by atoms with van der Waals surface area (Å²) in [7, 11) is 0. The fourth-order valence-corrected chi connectivity index (χ4v) is 3.38. The fourth-order valence-electron chi connectivity index (χ4n) is 3.18. The number of carbonyl (C=O) groups excluding carboxylic acids is 2. The molecule has 0 radical (unpaired) electrons. The third kappa shape index (κ3) is 3.67. The Morgan fingerprint density at radius 2 is 2.07 bits per heavy atom. The molecule has 9 nitrogen and oxygen atoms in total. The number of benzene rings is 1. The van der Waals surface area contributed by atoms with Gasteiger partial charge in [-0.1, -0.05) is 29.8 Å². The lowest BCUT2D eigenvalue weighted by atomic mass is 10.2. The van der Waals surface area contributed by atoms with Crippen molar-refractivity contribution in [1.82, 2.24) is 25.2 Å². The van der Waals surface area contributed by atoms with Gasteiger partial charge in [-0.25, -0.2) is 9.78 Å². The van der Waals surface area contributed by atoms with Crippen molar-refractivity contribution in [2.75, 3.05) is 10.6 Å². The van der Waals surface area contributed by atoms with E-state index in [1.165, 1.54) is 0 Å². The number of hydrogen-bond acceptors (Lipinski definition) is 6. The fraction of sp³-hybridized carbons (Fsp3) is 0.200. The van der Waals surface area contributed by atoms with E-state index >= 15 is 0 Å². The highest BCUT2D eigenvalue weighted by molar-refractivity contribution is 6.31. The maximum atomic E-state index is 11.9. The van der Waals surface area contributed by atoms with Crippen molar-refractivity contribution in [3.63, 3.8) is 0 Å². The highest BCUT2D eigenvalue weighted by atomic mass is 35.5. The van der Waals surface area contributed by atoms with Crippen LogP contribution >= 0.6 is 11.6 Å². The molecular weight excluding hydrogens is 406 g/mol. The zero-order valence-corrected chi connectivity index (χ0v) is 16.5. The first-order valence-corrected chi connectivity index (χ1v) is 9.91. The van der Waals surface area contributed by atoms with E-state index < -0.39 is 11.9 Å². The van der Waals surface area contributed by atoms with Gasteiger partial charge in [0.2, 0.25) is 0 Å². The first-order valence-electron chi connectivity index (χ1n) is 9.53. The number of aromatic nitrogens is 3. The molecule has 5 rings (SSSR count). The average molecular weight is 424 g/mol. The molecule has 0 spiro atoms. The first-order chi connectivity index (χ1) is 14.6. The molecule has 2 fully saturated rings. The predicted molar refractivity (Wildman–Crippen MR) is 113 cm³/mol.